The average Bonchev–Trinajstić information content (AvgIpc) is 2.35. The highest BCUT2D eigenvalue weighted by molar-refractivity contribution is 5.79. The topological polar surface area (TPSA) is 54.9 Å². The smallest absolute Gasteiger partial charge is 0.191 e. The number of nitrogens with one attached hydrogen (secondary N) is 2. The van der Waals surface area contributed by atoms with Crippen LogP contribution in [0.1, 0.15) is 41.5 Å². The van der Waals surface area contributed by atoms with Crippen LogP contribution in [0.4, 0.5) is 0 Å². The largest absolute Gasteiger partial charge is 0.379 e. The summed E-state index contributed by atoms with van der Waals surface area (Å²) in [5.74, 6) is 0.795. The molecule has 0 heterocycles. The van der Waals surface area contributed by atoms with E-state index in [4.69, 9.17) is 9.47 Å². The first-order valence-electron chi connectivity index (χ1n) is 7.26. The summed E-state index contributed by atoms with van der Waals surface area (Å²) in [6.45, 7) is 14.7. The van der Waals surface area contributed by atoms with Crippen LogP contribution in [-0.4, -0.2) is 51.5 Å². The molecule has 0 saturated carbocycles. The first kappa shape index (κ1) is 19.2. The summed E-state index contributed by atoms with van der Waals surface area (Å²) in [4.78, 5) is 4.56. The lowest BCUT2D eigenvalue weighted by Crippen LogP contribution is -2.46. The molecule has 5 nitrogen and oxygen atoms in total. The summed E-state index contributed by atoms with van der Waals surface area (Å²) in [6.07, 6.45) is 0.127. The Kier molecular flexibility index (Phi) is 8.13. The van der Waals surface area contributed by atoms with Crippen molar-refractivity contribution >= 4 is 5.96 Å². The summed E-state index contributed by atoms with van der Waals surface area (Å²) >= 11 is 0. The molecule has 20 heavy (non-hydrogen) atoms. The van der Waals surface area contributed by atoms with E-state index in [-0.39, 0.29) is 17.1 Å². The van der Waals surface area contributed by atoms with E-state index in [1.807, 2.05) is 13.8 Å². The number of methoxy groups -OCH3 is 2. The molecular formula is C15H33N3O2. The minimum Gasteiger partial charge on any atom is -0.379 e. The molecule has 0 aliphatic heterocycles. The van der Waals surface area contributed by atoms with E-state index in [1.165, 1.54) is 0 Å². The lowest BCUT2D eigenvalue weighted by Gasteiger charge is -2.30. The zero-order valence-corrected chi connectivity index (χ0v) is 14.5. The number of ether oxygens (including phenoxy) is 2. The van der Waals surface area contributed by atoms with E-state index in [2.05, 4.69) is 43.3 Å². The average molecular weight is 287 g/mol. The molecule has 0 aromatic carbocycles. The Morgan fingerprint density at radius 1 is 1.10 bits per heavy atom. The lowest BCUT2D eigenvalue weighted by molar-refractivity contribution is 0.0202. The third kappa shape index (κ3) is 7.70. The van der Waals surface area contributed by atoms with Crippen molar-refractivity contribution in [1.29, 1.82) is 0 Å². The maximum atomic E-state index is 5.54. The molecular weight excluding hydrogens is 254 g/mol. The molecule has 0 amide bonds. The zero-order valence-electron chi connectivity index (χ0n) is 14.5. The lowest BCUT2D eigenvalue weighted by atomic mass is 9.89. The van der Waals surface area contributed by atoms with Crippen molar-refractivity contribution in [3.63, 3.8) is 0 Å². The minimum absolute atomic E-state index is 0.0882. The maximum Gasteiger partial charge on any atom is 0.191 e. The van der Waals surface area contributed by atoms with Crippen molar-refractivity contribution in [2.75, 3.05) is 33.9 Å². The molecule has 0 bridgehead atoms. The van der Waals surface area contributed by atoms with Crippen LogP contribution in [0.15, 0.2) is 4.99 Å². The van der Waals surface area contributed by atoms with Crippen LogP contribution < -0.4 is 10.6 Å². The van der Waals surface area contributed by atoms with Crippen LogP contribution in [0.5, 0.6) is 0 Å². The van der Waals surface area contributed by atoms with Gasteiger partial charge in [0.15, 0.2) is 5.96 Å². The van der Waals surface area contributed by atoms with Gasteiger partial charge >= 0.3 is 0 Å². The summed E-state index contributed by atoms with van der Waals surface area (Å²) < 4.78 is 10.9. The van der Waals surface area contributed by atoms with Crippen molar-refractivity contribution in [1.82, 2.24) is 10.6 Å². The van der Waals surface area contributed by atoms with Gasteiger partial charge in [-0.2, -0.15) is 0 Å². The first-order chi connectivity index (χ1) is 9.16. The normalized spacial score (nSPS) is 15.1. The van der Waals surface area contributed by atoms with Gasteiger partial charge < -0.3 is 20.1 Å². The van der Waals surface area contributed by atoms with Gasteiger partial charge in [-0.05, 0) is 26.2 Å². The van der Waals surface area contributed by atoms with E-state index >= 15 is 0 Å². The van der Waals surface area contributed by atoms with Gasteiger partial charge in [-0.15, -0.1) is 0 Å². The summed E-state index contributed by atoms with van der Waals surface area (Å²) in [5.41, 5.74) is -0.169. The van der Waals surface area contributed by atoms with Crippen LogP contribution in [0.2, 0.25) is 0 Å². The van der Waals surface area contributed by atoms with Gasteiger partial charge in [-0.1, -0.05) is 20.8 Å². The quantitative estimate of drug-likeness (QED) is 0.556. The molecule has 2 N–H and O–H groups in total. The highest BCUT2D eigenvalue weighted by atomic mass is 16.5. The molecule has 1 unspecified atom stereocenters. The second-order valence-corrected chi connectivity index (χ2v) is 6.63. The summed E-state index contributed by atoms with van der Waals surface area (Å²) in [6, 6.07) is 0. The molecule has 0 aromatic heterocycles. The Bertz CT molecular complexity index is 296. The Morgan fingerprint density at radius 2 is 1.70 bits per heavy atom. The van der Waals surface area contributed by atoms with Crippen molar-refractivity contribution in [2.24, 2.45) is 10.4 Å². The summed E-state index contributed by atoms with van der Waals surface area (Å²) in [7, 11) is 3.45. The zero-order chi connectivity index (χ0) is 15.8. The molecule has 0 radical (unpaired) electrons. The molecule has 0 aliphatic rings. The maximum absolute atomic E-state index is 5.54. The summed E-state index contributed by atoms with van der Waals surface area (Å²) in [5, 5.41) is 6.57. The fourth-order valence-electron chi connectivity index (χ4n) is 1.61. The second-order valence-electron chi connectivity index (χ2n) is 6.63. The number of guanidine groups is 1. The molecule has 120 valence electrons. The molecule has 5 heteroatoms. The van der Waals surface area contributed by atoms with Gasteiger partial charge in [0.25, 0.3) is 0 Å². The Morgan fingerprint density at radius 3 is 2.10 bits per heavy atom. The van der Waals surface area contributed by atoms with Crippen LogP contribution in [0.25, 0.3) is 0 Å². The number of nitrogens with zero attached hydrogens (tertiary/aromatic N) is 1. The fourth-order valence-corrected chi connectivity index (χ4v) is 1.61. The van der Waals surface area contributed by atoms with E-state index < -0.39 is 0 Å². The molecule has 0 rings (SSSR count). The Hall–Kier alpha value is -0.810. The number of hydrogen-bond donors (Lipinski definition) is 2. The van der Waals surface area contributed by atoms with Crippen LogP contribution in [-0.2, 0) is 9.47 Å². The van der Waals surface area contributed by atoms with Crippen molar-refractivity contribution in [3.8, 4) is 0 Å². The molecule has 0 aliphatic carbocycles. The van der Waals surface area contributed by atoms with Gasteiger partial charge in [0.1, 0.15) is 0 Å². The van der Waals surface area contributed by atoms with Crippen molar-refractivity contribution in [2.45, 2.75) is 53.2 Å². The van der Waals surface area contributed by atoms with Gasteiger partial charge in [0, 0.05) is 27.3 Å². The van der Waals surface area contributed by atoms with Gasteiger partial charge in [0.05, 0.1) is 18.2 Å². The molecule has 0 aromatic rings. The Balaban J connectivity index is 4.58. The van der Waals surface area contributed by atoms with Crippen molar-refractivity contribution in [3.05, 3.63) is 0 Å². The van der Waals surface area contributed by atoms with E-state index in [0.29, 0.717) is 6.54 Å². The van der Waals surface area contributed by atoms with E-state index in [9.17, 15) is 0 Å². The third-order valence-electron chi connectivity index (χ3n) is 3.22. The molecule has 0 saturated heterocycles. The van der Waals surface area contributed by atoms with E-state index in [1.54, 1.807) is 14.2 Å². The number of rotatable bonds is 7. The van der Waals surface area contributed by atoms with Crippen molar-refractivity contribution < 1.29 is 9.47 Å². The number of hydrogen-bond acceptors (Lipinski definition) is 3. The van der Waals surface area contributed by atoms with Crippen LogP contribution >= 0.6 is 0 Å². The molecule has 0 spiro atoms. The highest BCUT2D eigenvalue weighted by Gasteiger charge is 2.24. The SMILES string of the molecule is CCNC(=NCC(C)(C)OC)NCC(OC)C(C)(C)C. The van der Waals surface area contributed by atoms with Gasteiger partial charge in [-0.3, -0.25) is 4.99 Å². The predicted molar refractivity (Wildman–Crippen MR) is 85.3 cm³/mol. The van der Waals surface area contributed by atoms with Crippen LogP contribution in [0.3, 0.4) is 0 Å². The Labute approximate surface area is 124 Å². The van der Waals surface area contributed by atoms with Gasteiger partial charge in [-0.25, -0.2) is 0 Å². The monoisotopic (exact) mass is 287 g/mol. The van der Waals surface area contributed by atoms with E-state index in [0.717, 1.165) is 19.0 Å². The fraction of sp³-hybridized carbons (Fsp3) is 0.933. The first-order valence-corrected chi connectivity index (χ1v) is 7.26. The highest BCUT2D eigenvalue weighted by Crippen LogP contribution is 2.20. The van der Waals surface area contributed by atoms with Crippen LogP contribution in [0, 0.1) is 5.41 Å². The number of aliphatic imine (C=N–C) groups is 1. The second kappa shape index (κ2) is 8.47. The standard InChI is InChI=1S/C15H33N3O2/c1-9-16-13(18-11-15(5,6)20-8)17-10-12(19-7)14(2,3)4/h12H,9-11H2,1-8H3,(H2,16,17,18). The molecule has 0 fully saturated rings. The predicted octanol–water partition coefficient (Wildman–Crippen LogP) is 2.03. The minimum atomic E-state index is -0.257. The molecule has 1 atom stereocenters. The van der Waals surface area contributed by atoms with Gasteiger partial charge in [0.2, 0.25) is 0 Å². The third-order valence-corrected chi connectivity index (χ3v) is 3.22.